The summed E-state index contributed by atoms with van der Waals surface area (Å²) in [4.78, 5) is 4.35. The van der Waals surface area contributed by atoms with Crippen molar-refractivity contribution in [1.29, 1.82) is 0 Å². The van der Waals surface area contributed by atoms with E-state index in [9.17, 15) is 4.39 Å². The molecule has 1 aliphatic rings. The minimum Gasteiger partial charge on any atom is -0.473 e. The summed E-state index contributed by atoms with van der Waals surface area (Å²) in [5.74, 6) is 0.760. The maximum absolute atomic E-state index is 13.5. The lowest BCUT2D eigenvalue weighted by Crippen LogP contribution is -2.38. The maximum atomic E-state index is 13.5. The quantitative estimate of drug-likeness (QED) is 0.792. The Labute approximate surface area is 145 Å². The van der Waals surface area contributed by atoms with Crippen LogP contribution >= 0.6 is 0 Å². The lowest BCUT2D eigenvalue weighted by Gasteiger charge is -2.28. The second kappa shape index (κ2) is 6.80. The van der Waals surface area contributed by atoms with Crippen LogP contribution in [-0.4, -0.2) is 33.8 Å². The molecule has 2 aromatic heterocycles. The molecule has 1 saturated heterocycles. The third-order valence-electron chi connectivity index (χ3n) is 4.76. The second-order valence-corrected chi connectivity index (χ2v) is 6.52. The van der Waals surface area contributed by atoms with E-state index in [1.54, 1.807) is 16.8 Å². The fourth-order valence-electron chi connectivity index (χ4n) is 3.33. The lowest BCUT2D eigenvalue weighted by atomic mass is 9.95. The van der Waals surface area contributed by atoms with Gasteiger partial charge in [0.05, 0.1) is 11.9 Å². The molecule has 1 aromatic carbocycles. The Morgan fingerprint density at radius 1 is 1.32 bits per heavy atom. The molecule has 2 atom stereocenters. The van der Waals surface area contributed by atoms with Crippen LogP contribution in [0.2, 0.25) is 0 Å². The van der Waals surface area contributed by atoms with E-state index in [1.807, 2.05) is 18.2 Å². The Morgan fingerprint density at radius 3 is 3.04 bits per heavy atom. The van der Waals surface area contributed by atoms with E-state index in [1.165, 1.54) is 18.6 Å². The molecule has 1 fully saturated rings. The highest BCUT2D eigenvalue weighted by atomic mass is 19.1. The first-order valence-electron chi connectivity index (χ1n) is 8.69. The molecule has 0 aliphatic carbocycles. The van der Waals surface area contributed by atoms with Gasteiger partial charge in [-0.15, -0.1) is 5.10 Å². The van der Waals surface area contributed by atoms with E-state index in [2.05, 4.69) is 22.3 Å². The molecule has 0 amide bonds. The minimum atomic E-state index is -0.279. The molecule has 25 heavy (non-hydrogen) atoms. The molecule has 130 valence electrons. The molecule has 0 saturated carbocycles. The summed E-state index contributed by atoms with van der Waals surface area (Å²) in [7, 11) is 0. The zero-order chi connectivity index (χ0) is 17.2. The minimum absolute atomic E-state index is 0.0823. The largest absolute Gasteiger partial charge is 0.473 e. The molecular weight excluding hydrogens is 319 g/mol. The first kappa shape index (κ1) is 16.0. The zero-order valence-electron chi connectivity index (χ0n) is 14.2. The van der Waals surface area contributed by atoms with E-state index in [-0.39, 0.29) is 11.9 Å². The predicted molar refractivity (Wildman–Crippen MR) is 94.1 cm³/mol. The van der Waals surface area contributed by atoms with Crippen LogP contribution in [0.5, 0.6) is 5.88 Å². The van der Waals surface area contributed by atoms with E-state index >= 15 is 0 Å². The van der Waals surface area contributed by atoms with Gasteiger partial charge >= 0.3 is 0 Å². The Kier molecular flexibility index (Phi) is 4.36. The van der Waals surface area contributed by atoms with Crippen LogP contribution < -0.4 is 10.1 Å². The summed E-state index contributed by atoms with van der Waals surface area (Å²) in [6.45, 7) is 4.15. The van der Waals surface area contributed by atoms with Crippen molar-refractivity contribution in [3.8, 4) is 17.1 Å². The number of piperidine rings is 1. The first-order valence-corrected chi connectivity index (χ1v) is 8.69. The maximum Gasteiger partial charge on any atom is 0.232 e. The number of nitrogens with zero attached hydrogens (tertiary/aromatic N) is 3. The molecule has 5 nitrogen and oxygen atoms in total. The van der Waals surface area contributed by atoms with Gasteiger partial charge in [-0.2, -0.15) is 0 Å². The van der Waals surface area contributed by atoms with Crippen LogP contribution in [0, 0.1) is 11.7 Å². The van der Waals surface area contributed by atoms with Crippen molar-refractivity contribution in [1.82, 2.24) is 19.9 Å². The Balaban J connectivity index is 1.62. The van der Waals surface area contributed by atoms with Crippen molar-refractivity contribution in [3.05, 3.63) is 48.4 Å². The van der Waals surface area contributed by atoms with Crippen molar-refractivity contribution in [2.45, 2.75) is 25.9 Å². The molecule has 2 unspecified atom stereocenters. The fraction of sp³-hybridized carbons (Fsp3) is 0.368. The van der Waals surface area contributed by atoms with E-state index in [4.69, 9.17) is 4.74 Å². The number of nitrogens with one attached hydrogen (secondary N) is 1. The third-order valence-corrected chi connectivity index (χ3v) is 4.76. The summed E-state index contributed by atoms with van der Waals surface area (Å²) in [5, 5.41) is 7.98. The van der Waals surface area contributed by atoms with Gasteiger partial charge in [0.2, 0.25) is 5.88 Å². The Morgan fingerprint density at radius 2 is 2.24 bits per heavy atom. The van der Waals surface area contributed by atoms with Gasteiger partial charge in [-0.3, -0.25) is 0 Å². The highest BCUT2D eigenvalue weighted by molar-refractivity contribution is 5.63. The molecule has 0 radical (unpaired) electrons. The average molecular weight is 340 g/mol. The van der Waals surface area contributed by atoms with Crippen LogP contribution in [0.15, 0.2) is 42.6 Å². The number of hydrogen-bond acceptors (Lipinski definition) is 4. The highest BCUT2D eigenvalue weighted by Crippen LogP contribution is 2.23. The van der Waals surface area contributed by atoms with Gasteiger partial charge in [-0.1, -0.05) is 12.1 Å². The summed E-state index contributed by atoms with van der Waals surface area (Å²) < 4.78 is 21.3. The summed E-state index contributed by atoms with van der Waals surface area (Å²) in [5.41, 5.74) is 2.19. The molecule has 0 bridgehead atoms. The number of hydrogen-bond donors (Lipinski definition) is 1. The van der Waals surface area contributed by atoms with Gasteiger partial charge in [0, 0.05) is 24.1 Å². The van der Waals surface area contributed by atoms with Gasteiger partial charge in [0.15, 0.2) is 5.65 Å². The molecular formula is C19H21FN4O. The number of ether oxygens (including phenoxy) is 1. The van der Waals surface area contributed by atoms with Crippen LogP contribution in [0.25, 0.3) is 16.9 Å². The zero-order valence-corrected chi connectivity index (χ0v) is 14.2. The van der Waals surface area contributed by atoms with Crippen LogP contribution in [0.3, 0.4) is 0 Å². The normalized spacial score (nSPS) is 19.0. The lowest BCUT2D eigenvalue weighted by molar-refractivity contribution is 0.124. The number of rotatable bonds is 4. The summed E-state index contributed by atoms with van der Waals surface area (Å²) in [6.07, 6.45) is 4.13. The molecule has 1 aliphatic heterocycles. The van der Waals surface area contributed by atoms with Gasteiger partial charge in [0.25, 0.3) is 0 Å². The van der Waals surface area contributed by atoms with Crippen LogP contribution in [0.1, 0.15) is 19.8 Å². The predicted octanol–water partition coefficient (Wildman–Crippen LogP) is 3.30. The first-order chi connectivity index (χ1) is 12.2. The van der Waals surface area contributed by atoms with Gasteiger partial charge in [-0.25, -0.2) is 13.9 Å². The SMILES string of the molecule is CC(Oc1ccc2ncc(-c3cccc(F)c3)n2n1)C1CCCNC1. The number of imidazole rings is 1. The average Bonchev–Trinajstić information content (AvgIpc) is 3.06. The number of benzene rings is 1. The van der Waals surface area contributed by atoms with Crippen molar-refractivity contribution >= 4 is 5.65 Å². The van der Waals surface area contributed by atoms with E-state index < -0.39 is 0 Å². The van der Waals surface area contributed by atoms with E-state index in [0.717, 1.165) is 30.8 Å². The van der Waals surface area contributed by atoms with Gasteiger partial charge < -0.3 is 10.1 Å². The monoisotopic (exact) mass is 340 g/mol. The highest BCUT2D eigenvalue weighted by Gasteiger charge is 2.22. The molecule has 4 rings (SSSR count). The van der Waals surface area contributed by atoms with Crippen LogP contribution in [0.4, 0.5) is 4.39 Å². The number of fused-ring (bicyclic) bond motifs is 1. The summed E-state index contributed by atoms with van der Waals surface area (Å²) >= 11 is 0. The van der Waals surface area contributed by atoms with Crippen molar-refractivity contribution < 1.29 is 9.13 Å². The second-order valence-electron chi connectivity index (χ2n) is 6.52. The molecule has 1 N–H and O–H groups in total. The number of halogens is 1. The van der Waals surface area contributed by atoms with Crippen molar-refractivity contribution in [2.24, 2.45) is 5.92 Å². The molecule has 6 heteroatoms. The summed E-state index contributed by atoms with van der Waals surface area (Å²) in [6, 6.07) is 10.1. The smallest absolute Gasteiger partial charge is 0.232 e. The molecule has 3 aromatic rings. The Hall–Kier alpha value is -2.47. The van der Waals surface area contributed by atoms with Crippen LogP contribution in [-0.2, 0) is 0 Å². The fourth-order valence-corrected chi connectivity index (χ4v) is 3.33. The third kappa shape index (κ3) is 3.35. The van der Waals surface area contributed by atoms with Crippen molar-refractivity contribution in [3.63, 3.8) is 0 Å². The Bertz CT molecular complexity index is 873. The standard InChI is InChI=1S/C19H21FN4O/c1-13(15-5-3-9-21-11-15)25-19-8-7-18-22-12-17(24(18)23-19)14-4-2-6-16(20)10-14/h2,4,6-8,10,12-13,15,21H,3,5,9,11H2,1H3. The van der Waals surface area contributed by atoms with Gasteiger partial charge in [-0.05, 0) is 44.5 Å². The van der Waals surface area contributed by atoms with Gasteiger partial charge in [0.1, 0.15) is 11.9 Å². The number of aromatic nitrogens is 3. The van der Waals surface area contributed by atoms with Crippen molar-refractivity contribution in [2.75, 3.05) is 13.1 Å². The molecule has 3 heterocycles. The molecule has 0 spiro atoms. The topological polar surface area (TPSA) is 51.5 Å². The van der Waals surface area contributed by atoms with E-state index in [0.29, 0.717) is 17.4 Å².